The zero-order valence-corrected chi connectivity index (χ0v) is 7.09. The highest BCUT2D eigenvalue weighted by molar-refractivity contribution is 8.13. The molecule has 0 spiro atoms. The minimum atomic E-state index is 0.168. The molecular weight excluding hydrogens is 134 g/mol. The van der Waals surface area contributed by atoms with E-state index < -0.39 is 0 Å². The molecule has 0 saturated carbocycles. The largest absolute Gasteiger partial charge is 0.396 e. The summed E-state index contributed by atoms with van der Waals surface area (Å²) in [7, 11) is 0. The van der Waals surface area contributed by atoms with Crippen LogP contribution in [0, 0.1) is 5.41 Å². The Kier molecular flexibility index (Phi) is 14.2. The Hall–Kier alpha value is -0.0200. The van der Waals surface area contributed by atoms with E-state index in [1.54, 1.807) is 6.92 Å². The van der Waals surface area contributed by atoms with Crippen LogP contribution in [0.1, 0.15) is 20.8 Å². The minimum absolute atomic E-state index is 0.168. The lowest BCUT2D eigenvalue weighted by Gasteiger charge is -1.89. The van der Waals surface area contributed by atoms with Crippen LogP contribution in [-0.2, 0) is 0 Å². The summed E-state index contributed by atoms with van der Waals surface area (Å²) in [5.74, 6) is 0.648. The molecule has 56 valence electrons. The molecule has 3 heteroatoms. The van der Waals surface area contributed by atoms with E-state index in [0.717, 1.165) is 0 Å². The van der Waals surface area contributed by atoms with E-state index in [1.807, 2.05) is 13.8 Å². The summed E-state index contributed by atoms with van der Waals surface area (Å²) in [6.45, 7) is 5.88. The first-order valence-corrected chi connectivity index (χ1v) is 4.04. The van der Waals surface area contributed by atoms with Gasteiger partial charge in [0.1, 0.15) is 0 Å². The number of aliphatic hydroxyl groups excluding tert-OH is 1. The van der Waals surface area contributed by atoms with Crippen LogP contribution in [0.2, 0.25) is 0 Å². The summed E-state index contributed by atoms with van der Waals surface area (Å²) in [5.41, 5.74) is 0. The third-order valence-electron chi connectivity index (χ3n) is 0.410. The fourth-order valence-electron chi connectivity index (χ4n) is 0.199. The van der Waals surface area contributed by atoms with Gasteiger partial charge in [-0.15, -0.1) is 11.8 Å². The Morgan fingerprint density at radius 1 is 1.56 bits per heavy atom. The average molecular weight is 149 g/mol. The standard InChI is InChI=1S/C4H9NOS.C2H6/c1-4(5)7-3-2-6;1-2/h5-6H,2-3H2,1H3;1-2H3. The molecule has 0 saturated heterocycles. The molecular formula is C6H15NOS. The SMILES string of the molecule is CC.CC(=N)SCCO. The molecule has 2 N–H and O–H groups in total. The van der Waals surface area contributed by atoms with Gasteiger partial charge in [-0.25, -0.2) is 0 Å². The van der Waals surface area contributed by atoms with Gasteiger partial charge in [-0.05, 0) is 6.92 Å². The van der Waals surface area contributed by atoms with Crippen LogP contribution in [0.3, 0.4) is 0 Å². The summed E-state index contributed by atoms with van der Waals surface area (Å²) in [5, 5.41) is 15.6. The summed E-state index contributed by atoms with van der Waals surface area (Å²) < 4.78 is 0. The first-order chi connectivity index (χ1) is 4.27. The van der Waals surface area contributed by atoms with Gasteiger partial charge in [-0.2, -0.15) is 0 Å². The van der Waals surface area contributed by atoms with Gasteiger partial charge in [-0.3, -0.25) is 5.41 Å². The summed E-state index contributed by atoms with van der Waals surface area (Å²) in [4.78, 5) is 0. The van der Waals surface area contributed by atoms with E-state index in [2.05, 4.69) is 0 Å². The zero-order valence-electron chi connectivity index (χ0n) is 6.27. The molecule has 0 aliphatic carbocycles. The highest BCUT2D eigenvalue weighted by atomic mass is 32.2. The molecule has 0 heterocycles. The van der Waals surface area contributed by atoms with Crippen molar-refractivity contribution in [1.29, 1.82) is 5.41 Å². The van der Waals surface area contributed by atoms with E-state index >= 15 is 0 Å². The van der Waals surface area contributed by atoms with Crippen LogP contribution in [0.15, 0.2) is 0 Å². The van der Waals surface area contributed by atoms with Gasteiger partial charge < -0.3 is 5.11 Å². The third kappa shape index (κ3) is 18.0. The van der Waals surface area contributed by atoms with Crippen molar-refractivity contribution in [2.75, 3.05) is 12.4 Å². The van der Waals surface area contributed by atoms with Crippen molar-refractivity contribution in [3.63, 3.8) is 0 Å². The summed E-state index contributed by atoms with van der Waals surface area (Å²) >= 11 is 1.36. The number of hydrogen-bond donors (Lipinski definition) is 2. The van der Waals surface area contributed by atoms with Gasteiger partial charge in [0.2, 0.25) is 0 Å². The van der Waals surface area contributed by atoms with Gasteiger partial charge in [0.15, 0.2) is 0 Å². The lowest BCUT2D eigenvalue weighted by molar-refractivity contribution is 0.323. The lowest BCUT2D eigenvalue weighted by atomic mass is 10.9. The van der Waals surface area contributed by atoms with E-state index in [1.165, 1.54) is 11.8 Å². The monoisotopic (exact) mass is 149 g/mol. The number of thioether (sulfide) groups is 1. The quantitative estimate of drug-likeness (QED) is 0.464. The first kappa shape index (κ1) is 11.7. The Morgan fingerprint density at radius 2 is 2.00 bits per heavy atom. The fraction of sp³-hybridized carbons (Fsp3) is 0.833. The molecule has 0 radical (unpaired) electrons. The van der Waals surface area contributed by atoms with Crippen LogP contribution in [0.4, 0.5) is 0 Å². The van der Waals surface area contributed by atoms with Crippen molar-refractivity contribution in [2.45, 2.75) is 20.8 Å². The maximum atomic E-state index is 8.20. The number of nitrogens with one attached hydrogen (secondary N) is 1. The molecule has 0 aromatic carbocycles. The zero-order chi connectivity index (χ0) is 7.70. The predicted molar refractivity (Wildman–Crippen MR) is 44.3 cm³/mol. The van der Waals surface area contributed by atoms with Crippen LogP contribution in [-0.4, -0.2) is 22.5 Å². The second kappa shape index (κ2) is 10.9. The highest BCUT2D eigenvalue weighted by Gasteiger charge is 1.84. The average Bonchev–Trinajstić information content (AvgIpc) is 1.88. The van der Waals surface area contributed by atoms with Gasteiger partial charge in [0.25, 0.3) is 0 Å². The Bertz CT molecular complexity index is 66.1. The van der Waals surface area contributed by atoms with Gasteiger partial charge in [-0.1, -0.05) is 13.8 Å². The van der Waals surface area contributed by atoms with Gasteiger partial charge >= 0.3 is 0 Å². The van der Waals surface area contributed by atoms with Crippen molar-refractivity contribution < 1.29 is 5.11 Å². The molecule has 0 atom stereocenters. The molecule has 0 aromatic heterocycles. The second-order valence-corrected chi connectivity index (χ2v) is 2.44. The summed E-state index contributed by atoms with van der Waals surface area (Å²) in [6, 6.07) is 0. The Balaban J connectivity index is 0. The molecule has 9 heavy (non-hydrogen) atoms. The van der Waals surface area contributed by atoms with Crippen molar-refractivity contribution in [1.82, 2.24) is 0 Å². The van der Waals surface area contributed by atoms with Crippen LogP contribution < -0.4 is 0 Å². The topological polar surface area (TPSA) is 44.1 Å². The van der Waals surface area contributed by atoms with E-state index in [0.29, 0.717) is 10.8 Å². The van der Waals surface area contributed by atoms with Crippen molar-refractivity contribution in [3.8, 4) is 0 Å². The Labute approximate surface area is 61.2 Å². The van der Waals surface area contributed by atoms with Crippen molar-refractivity contribution in [2.24, 2.45) is 0 Å². The van der Waals surface area contributed by atoms with Gasteiger partial charge in [0.05, 0.1) is 11.7 Å². The van der Waals surface area contributed by atoms with E-state index in [4.69, 9.17) is 10.5 Å². The number of hydrogen-bond acceptors (Lipinski definition) is 3. The van der Waals surface area contributed by atoms with Crippen molar-refractivity contribution >= 4 is 16.8 Å². The lowest BCUT2D eigenvalue weighted by Crippen LogP contribution is -1.88. The minimum Gasteiger partial charge on any atom is -0.396 e. The highest BCUT2D eigenvalue weighted by Crippen LogP contribution is 1.97. The molecule has 0 aliphatic rings. The van der Waals surface area contributed by atoms with Crippen molar-refractivity contribution in [3.05, 3.63) is 0 Å². The first-order valence-electron chi connectivity index (χ1n) is 3.06. The van der Waals surface area contributed by atoms with Crippen LogP contribution in [0.5, 0.6) is 0 Å². The molecule has 0 aliphatic heterocycles. The van der Waals surface area contributed by atoms with E-state index in [-0.39, 0.29) is 6.61 Å². The van der Waals surface area contributed by atoms with Crippen LogP contribution in [0.25, 0.3) is 0 Å². The predicted octanol–water partition coefficient (Wildman–Crippen LogP) is 1.74. The second-order valence-electron chi connectivity index (χ2n) is 1.13. The number of aliphatic hydroxyl groups is 1. The number of rotatable bonds is 2. The molecule has 0 unspecified atom stereocenters. The third-order valence-corrected chi connectivity index (χ3v) is 1.23. The normalized spacial score (nSPS) is 7.56. The summed E-state index contributed by atoms with van der Waals surface area (Å²) in [6.07, 6.45) is 0. The molecule has 2 nitrogen and oxygen atoms in total. The molecule has 0 bridgehead atoms. The molecule has 0 fully saturated rings. The molecule has 0 amide bonds. The maximum Gasteiger partial charge on any atom is 0.0611 e. The van der Waals surface area contributed by atoms with Crippen LogP contribution >= 0.6 is 11.8 Å². The smallest absolute Gasteiger partial charge is 0.0611 e. The van der Waals surface area contributed by atoms with E-state index in [9.17, 15) is 0 Å². The Morgan fingerprint density at radius 3 is 2.11 bits per heavy atom. The molecule has 0 aromatic rings. The fourth-order valence-corrected chi connectivity index (χ4v) is 0.596. The maximum absolute atomic E-state index is 8.20. The molecule has 0 rings (SSSR count). The van der Waals surface area contributed by atoms with Gasteiger partial charge in [0, 0.05) is 5.75 Å².